The maximum atomic E-state index is 10.2. The van der Waals surface area contributed by atoms with Gasteiger partial charge in [-0.2, -0.15) is 10.4 Å². The molecule has 27 heavy (non-hydrogen) atoms. The second kappa shape index (κ2) is 5.88. The number of aryl methyl sites for hydroxylation is 2. The van der Waals surface area contributed by atoms with Crippen LogP contribution in [0.25, 0.3) is 33.7 Å². The van der Waals surface area contributed by atoms with E-state index in [2.05, 4.69) is 16.2 Å². The van der Waals surface area contributed by atoms with Gasteiger partial charge >= 0.3 is 0 Å². The van der Waals surface area contributed by atoms with Crippen LogP contribution in [0.2, 0.25) is 0 Å². The fourth-order valence-corrected chi connectivity index (χ4v) is 3.30. The fourth-order valence-electron chi connectivity index (χ4n) is 3.30. The highest BCUT2D eigenvalue weighted by molar-refractivity contribution is 6.02. The SMILES string of the molecule is Cc1ccc(O)c(C)c1-c1c(N)c(C#N)cc2nc(-c3cnn(C)c3)oc12. The molecule has 0 bridgehead atoms. The third-order valence-electron chi connectivity index (χ3n) is 4.69. The molecule has 3 N–H and O–H groups in total. The number of phenols is 1. The van der Waals surface area contributed by atoms with Crippen LogP contribution in [-0.2, 0) is 7.05 Å². The highest BCUT2D eigenvalue weighted by Crippen LogP contribution is 2.42. The summed E-state index contributed by atoms with van der Waals surface area (Å²) in [7, 11) is 1.81. The number of aromatic hydroxyl groups is 1. The molecule has 0 aliphatic carbocycles. The lowest BCUT2D eigenvalue weighted by atomic mass is 9.91. The van der Waals surface area contributed by atoms with E-state index in [1.807, 2.05) is 14.0 Å². The Bertz CT molecular complexity index is 1240. The summed E-state index contributed by atoms with van der Waals surface area (Å²) in [5.41, 5.74) is 11.5. The van der Waals surface area contributed by atoms with E-state index in [0.29, 0.717) is 39.4 Å². The van der Waals surface area contributed by atoms with Gasteiger partial charge in [-0.3, -0.25) is 4.68 Å². The Hall–Kier alpha value is -3.79. The smallest absolute Gasteiger partial charge is 0.230 e. The summed E-state index contributed by atoms with van der Waals surface area (Å²) in [6.07, 6.45) is 3.45. The lowest BCUT2D eigenvalue weighted by molar-refractivity contribution is 0.471. The molecule has 134 valence electrons. The van der Waals surface area contributed by atoms with Crippen LogP contribution >= 0.6 is 0 Å². The Morgan fingerprint density at radius 1 is 1.26 bits per heavy atom. The Morgan fingerprint density at radius 2 is 2.04 bits per heavy atom. The van der Waals surface area contributed by atoms with Crippen molar-refractivity contribution >= 4 is 16.8 Å². The maximum absolute atomic E-state index is 10.2. The largest absolute Gasteiger partial charge is 0.508 e. The van der Waals surface area contributed by atoms with Crippen LogP contribution in [0.4, 0.5) is 5.69 Å². The number of anilines is 1. The molecule has 2 heterocycles. The summed E-state index contributed by atoms with van der Waals surface area (Å²) in [6, 6.07) is 7.18. The first kappa shape index (κ1) is 16.7. The molecule has 0 saturated heterocycles. The second-order valence-corrected chi connectivity index (χ2v) is 6.50. The number of benzene rings is 2. The molecule has 0 aliphatic rings. The highest BCUT2D eigenvalue weighted by Gasteiger charge is 2.22. The molecular formula is C20H17N5O2. The van der Waals surface area contributed by atoms with Crippen molar-refractivity contribution in [2.24, 2.45) is 7.05 Å². The lowest BCUT2D eigenvalue weighted by Crippen LogP contribution is -1.98. The van der Waals surface area contributed by atoms with Crippen molar-refractivity contribution in [1.82, 2.24) is 14.8 Å². The highest BCUT2D eigenvalue weighted by atomic mass is 16.3. The zero-order valence-corrected chi connectivity index (χ0v) is 15.1. The predicted molar refractivity (Wildman–Crippen MR) is 102 cm³/mol. The van der Waals surface area contributed by atoms with Gasteiger partial charge in [0.25, 0.3) is 0 Å². The van der Waals surface area contributed by atoms with Gasteiger partial charge in [-0.05, 0) is 42.7 Å². The number of aromatic nitrogens is 3. The van der Waals surface area contributed by atoms with Gasteiger partial charge in [0.1, 0.15) is 17.3 Å². The molecule has 0 radical (unpaired) electrons. The molecule has 2 aromatic carbocycles. The zero-order valence-electron chi connectivity index (χ0n) is 15.1. The third kappa shape index (κ3) is 2.50. The van der Waals surface area contributed by atoms with E-state index in [-0.39, 0.29) is 5.75 Å². The first-order chi connectivity index (χ1) is 12.9. The number of rotatable bonds is 2. The van der Waals surface area contributed by atoms with Crippen molar-refractivity contribution < 1.29 is 9.52 Å². The van der Waals surface area contributed by atoms with Gasteiger partial charge in [0.05, 0.1) is 28.6 Å². The summed E-state index contributed by atoms with van der Waals surface area (Å²) in [5.74, 6) is 0.543. The molecule has 0 aliphatic heterocycles. The van der Waals surface area contributed by atoms with E-state index in [4.69, 9.17) is 10.2 Å². The van der Waals surface area contributed by atoms with Crippen LogP contribution in [0.1, 0.15) is 16.7 Å². The fraction of sp³-hybridized carbons (Fsp3) is 0.150. The Morgan fingerprint density at radius 3 is 2.70 bits per heavy atom. The summed E-state index contributed by atoms with van der Waals surface area (Å²) in [5, 5.41) is 23.9. The monoisotopic (exact) mass is 359 g/mol. The van der Waals surface area contributed by atoms with Gasteiger partial charge in [0, 0.05) is 13.2 Å². The van der Waals surface area contributed by atoms with E-state index in [1.165, 1.54) is 0 Å². The summed E-state index contributed by atoms with van der Waals surface area (Å²) in [4.78, 5) is 4.52. The van der Waals surface area contributed by atoms with Gasteiger partial charge in [-0.15, -0.1) is 0 Å². The quantitative estimate of drug-likeness (QED) is 0.528. The second-order valence-electron chi connectivity index (χ2n) is 6.50. The molecule has 0 atom stereocenters. The molecule has 7 heteroatoms. The average Bonchev–Trinajstić information content (AvgIpc) is 3.25. The minimum atomic E-state index is 0.150. The van der Waals surface area contributed by atoms with E-state index >= 15 is 0 Å². The number of oxazole rings is 1. The van der Waals surface area contributed by atoms with Crippen molar-refractivity contribution in [3.63, 3.8) is 0 Å². The maximum Gasteiger partial charge on any atom is 0.230 e. The number of nitriles is 1. The third-order valence-corrected chi connectivity index (χ3v) is 4.69. The molecule has 0 fully saturated rings. The number of fused-ring (bicyclic) bond motifs is 1. The minimum absolute atomic E-state index is 0.150. The molecule has 4 rings (SSSR count). The van der Waals surface area contributed by atoms with Crippen LogP contribution in [0.15, 0.2) is 35.0 Å². The number of hydrogen-bond donors (Lipinski definition) is 2. The number of nitrogens with zero attached hydrogens (tertiary/aromatic N) is 4. The lowest BCUT2D eigenvalue weighted by Gasteiger charge is -2.14. The number of phenolic OH excluding ortho intramolecular Hbond substituents is 1. The number of hydrogen-bond acceptors (Lipinski definition) is 6. The first-order valence-corrected chi connectivity index (χ1v) is 8.32. The number of nitrogens with two attached hydrogens (primary N) is 1. The van der Waals surface area contributed by atoms with Crippen molar-refractivity contribution in [2.45, 2.75) is 13.8 Å². The Labute approximate surface area is 155 Å². The summed E-state index contributed by atoms with van der Waals surface area (Å²) in [6.45, 7) is 3.73. The zero-order chi connectivity index (χ0) is 19.3. The molecule has 4 aromatic rings. The van der Waals surface area contributed by atoms with E-state index < -0.39 is 0 Å². The molecule has 0 saturated carbocycles. The van der Waals surface area contributed by atoms with Crippen LogP contribution in [0, 0.1) is 25.2 Å². The average molecular weight is 359 g/mol. The van der Waals surface area contributed by atoms with Crippen molar-refractivity contribution in [3.8, 4) is 34.4 Å². The topological polar surface area (TPSA) is 114 Å². The predicted octanol–water partition coefficient (Wildman–Crippen LogP) is 3.67. The van der Waals surface area contributed by atoms with E-state index in [9.17, 15) is 10.4 Å². The normalized spacial score (nSPS) is 11.0. The van der Waals surface area contributed by atoms with Crippen molar-refractivity contribution in [3.05, 3.63) is 47.3 Å². The van der Waals surface area contributed by atoms with Gasteiger partial charge in [-0.25, -0.2) is 4.98 Å². The molecule has 0 unspecified atom stereocenters. The van der Waals surface area contributed by atoms with Crippen LogP contribution in [-0.4, -0.2) is 19.9 Å². The van der Waals surface area contributed by atoms with Crippen LogP contribution in [0.3, 0.4) is 0 Å². The summed E-state index contributed by atoms with van der Waals surface area (Å²) >= 11 is 0. The molecule has 0 amide bonds. The van der Waals surface area contributed by atoms with Crippen molar-refractivity contribution in [2.75, 3.05) is 5.73 Å². The molecule has 0 spiro atoms. The van der Waals surface area contributed by atoms with Crippen LogP contribution < -0.4 is 5.73 Å². The molecule has 7 nitrogen and oxygen atoms in total. The summed E-state index contributed by atoms with van der Waals surface area (Å²) < 4.78 is 7.70. The van der Waals surface area contributed by atoms with E-state index in [1.54, 1.807) is 42.2 Å². The van der Waals surface area contributed by atoms with Crippen LogP contribution in [0.5, 0.6) is 5.75 Å². The number of nitrogen functional groups attached to an aromatic ring is 1. The van der Waals surface area contributed by atoms with Gasteiger partial charge in [0.15, 0.2) is 5.58 Å². The van der Waals surface area contributed by atoms with Gasteiger partial charge < -0.3 is 15.3 Å². The van der Waals surface area contributed by atoms with E-state index in [0.717, 1.165) is 16.7 Å². The molecule has 2 aromatic heterocycles. The Balaban J connectivity index is 2.11. The first-order valence-electron chi connectivity index (χ1n) is 8.32. The minimum Gasteiger partial charge on any atom is -0.508 e. The van der Waals surface area contributed by atoms with Gasteiger partial charge in [0.2, 0.25) is 5.89 Å². The van der Waals surface area contributed by atoms with Crippen molar-refractivity contribution in [1.29, 1.82) is 5.26 Å². The molecular weight excluding hydrogens is 342 g/mol. The standard InChI is InChI=1S/C20H17N5O2/c1-10-4-5-15(26)11(2)16(10)17-18(22)12(7-21)6-14-19(17)27-20(24-14)13-8-23-25(3)9-13/h4-6,8-9,26H,22H2,1-3H3. The van der Waals surface area contributed by atoms with Gasteiger partial charge in [-0.1, -0.05) is 6.07 Å². The Kier molecular flexibility index (Phi) is 3.63.